The minimum atomic E-state index is -0.328. The molecule has 0 spiro atoms. The van der Waals surface area contributed by atoms with Gasteiger partial charge in [0.1, 0.15) is 0 Å². The molecule has 102 valence electrons. The van der Waals surface area contributed by atoms with E-state index in [9.17, 15) is 5.11 Å². The Labute approximate surface area is 106 Å². The summed E-state index contributed by atoms with van der Waals surface area (Å²) >= 11 is 0. The first-order valence-electron chi connectivity index (χ1n) is 7.14. The first kappa shape index (κ1) is 14.9. The van der Waals surface area contributed by atoms with E-state index < -0.39 is 0 Å². The van der Waals surface area contributed by atoms with Crippen molar-refractivity contribution in [3.05, 3.63) is 0 Å². The summed E-state index contributed by atoms with van der Waals surface area (Å²) in [6, 6.07) is 0. The van der Waals surface area contributed by atoms with Crippen molar-refractivity contribution < 1.29 is 9.84 Å². The van der Waals surface area contributed by atoms with E-state index in [1.807, 2.05) is 6.92 Å². The lowest BCUT2D eigenvalue weighted by Gasteiger charge is -2.41. The summed E-state index contributed by atoms with van der Waals surface area (Å²) in [4.78, 5) is 2.38. The number of rotatable bonds is 7. The number of hydrogen-bond donors (Lipinski definition) is 1. The van der Waals surface area contributed by atoms with Crippen LogP contribution in [0.5, 0.6) is 0 Å². The highest BCUT2D eigenvalue weighted by Crippen LogP contribution is 2.37. The van der Waals surface area contributed by atoms with E-state index in [-0.39, 0.29) is 6.10 Å². The van der Waals surface area contributed by atoms with Crippen LogP contribution in [-0.2, 0) is 4.74 Å². The third kappa shape index (κ3) is 4.57. The van der Waals surface area contributed by atoms with E-state index in [1.54, 1.807) is 0 Å². The highest BCUT2D eigenvalue weighted by molar-refractivity contribution is 4.84. The molecular weight excluding hydrogens is 214 g/mol. The highest BCUT2D eigenvalue weighted by Gasteiger charge is 2.31. The summed E-state index contributed by atoms with van der Waals surface area (Å²) in [7, 11) is 0. The van der Waals surface area contributed by atoms with Crippen molar-refractivity contribution in [1.29, 1.82) is 0 Å². The molecule has 1 fully saturated rings. The number of β-amino-alcohol motifs (C(OH)–C–C–N with tert-alkyl or cyclic N) is 1. The molecule has 1 N–H and O–H groups in total. The second-order valence-corrected chi connectivity index (χ2v) is 5.32. The molecule has 0 radical (unpaired) electrons. The van der Waals surface area contributed by atoms with Crippen LogP contribution in [0.4, 0.5) is 0 Å². The maximum atomic E-state index is 9.81. The molecule has 0 aromatic rings. The smallest absolute Gasteiger partial charge is 0.0900 e. The molecule has 1 rings (SSSR count). The zero-order chi connectivity index (χ0) is 12.7. The number of hydrogen-bond acceptors (Lipinski definition) is 3. The second-order valence-electron chi connectivity index (χ2n) is 5.32. The van der Waals surface area contributed by atoms with Crippen LogP contribution in [0.2, 0.25) is 0 Å². The Morgan fingerprint density at radius 3 is 2.24 bits per heavy atom. The van der Waals surface area contributed by atoms with Crippen molar-refractivity contribution in [1.82, 2.24) is 4.90 Å². The molecular formula is C14H29NO2. The molecule has 1 atom stereocenters. The third-order valence-electron chi connectivity index (χ3n) is 4.40. The van der Waals surface area contributed by atoms with E-state index in [1.165, 1.54) is 25.7 Å². The number of aliphatic hydroxyl groups excluding tert-OH is 1. The number of aliphatic hydroxyl groups is 1. The van der Waals surface area contributed by atoms with E-state index in [0.717, 1.165) is 19.6 Å². The number of piperidine rings is 1. The van der Waals surface area contributed by atoms with Gasteiger partial charge in [-0.1, -0.05) is 26.7 Å². The predicted octanol–water partition coefficient (Wildman–Crippen LogP) is 2.29. The van der Waals surface area contributed by atoms with Crippen molar-refractivity contribution in [2.45, 2.75) is 52.6 Å². The van der Waals surface area contributed by atoms with Gasteiger partial charge in [0.25, 0.3) is 0 Å². The molecule has 1 aliphatic heterocycles. The summed E-state index contributed by atoms with van der Waals surface area (Å²) in [6.45, 7) is 10.8. The van der Waals surface area contributed by atoms with Gasteiger partial charge in [-0.05, 0) is 38.3 Å². The first-order valence-corrected chi connectivity index (χ1v) is 7.14. The van der Waals surface area contributed by atoms with Crippen LogP contribution in [0, 0.1) is 5.41 Å². The predicted molar refractivity (Wildman–Crippen MR) is 71.2 cm³/mol. The first-order chi connectivity index (χ1) is 8.15. The molecule has 3 nitrogen and oxygen atoms in total. The summed E-state index contributed by atoms with van der Waals surface area (Å²) < 4.78 is 5.24. The van der Waals surface area contributed by atoms with E-state index in [0.29, 0.717) is 18.6 Å². The van der Waals surface area contributed by atoms with E-state index in [4.69, 9.17) is 4.74 Å². The summed E-state index contributed by atoms with van der Waals surface area (Å²) in [5, 5.41) is 9.81. The standard InChI is InChI=1S/C14H29NO2/c1-4-14(5-2)7-9-15(10-8-14)11-13(16)12-17-6-3/h13,16H,4-12H2,1-3H3. The Morgan fingerprint density at radius 1 is 1.18 bits per heavy atom. The molecule has 1 aliphatic rings. The molecule has 0 aromatic carbocycles. The molecule has 0 saturated carbocycles. The Kier molecular flexibility index (Phi) is 6.45. The largest absolute Gasteiger partial charge is 0.389 e. The Morgan fingerprint density at radius 2 is 1.76 bits per heavy atom. The SMILES string of the molecule is CCOCC(O)CN1CCC(CC)(CC)CC1. The van der Waals surface area contributed by atoms with Crippen molar-refractivity contribution in [2.24, 2.45) is 5.41 Å². The molecule has 1 heterocycles. The van der Waals surface area contributed by atoms with Gasteiger partial charge in [0.2, 0.25) is 0 Å². The van der Waals surface area contributed by atoms with Crippen molar-refractivity contribution in [2.75, 3.05) is 32.8 Å². The summed E-state index contributed by atoms with van der Waals surface area (Å²) in [5.41, 5.74) is 0.571. The number of ether oxygens (including phenoxy) is 1. The Balaban J connectivity index is 2.27. The Hall–Kier alpha value is -0.120. The van der Waals surface area contributed by atoms with Crippen LogP contribution >= 0.6 is 0 Å². The zero-order valence-corrected chi connectivity index (χ0v) is 11.7. The van der Waals surface area contributed by atoms with Gasteiger partial charge in [-0.2, -0.15) is 0 Å². The molecule has 0 aliphatic carbocycles. The van der Waals surface area contributed by atoms with Crippen molar-refractivity contribution in [3.63, 3.8) is 0 Å². The minimum Gasteiger partial charge on any atom is -0.389 e. The quantitative estimate of drug-likeness (QED) is 0.744. The minimum absolute atomic E-state index is 0.328. The fraction of sp³-hybridized carbons (Fsp3) is 1.00. The topological polar surface area (TPSA) is 32.7 Å². The van der Waals surface area contributed by atoms with Crippen molar-refractivity contribution in [3.8, 4) is 0 Å². The fourth-order valence-electron chi connectivity index (χ4n) is 2.77. The number of likely N-dealkylation sites (tertiary alicyclic amines) is 1. The van der Waals surface area contributed by atoms with E-state index >= 15 is 0 Å². The lowest BCUT2D eigenvalue weighted by molar-refractivity contribution is 0.00472. The zero-order valence-electron chi connectivity index (χ0n) is 11.7. The van der Waals surface area contributed by atoms with Gasteiger partial charge in [0.05, 0.1) is 12.7 Å². The lowest BCUT2D eigenvalue weighted by Crippen LogP contribution is -2.43. The molecule has 1 saturated heterocycles. The van der Waals surface area contributed by atoms with Crippen molar-refractivity contribution >= 4 is 0 Å². The van der Waals surface area contributed by atoms with Gasteiger partial charge in [-0.15, -0.1) is 0 Å². The van der Waals surface area contributed by atoms with Gasteiger partial charge in [-0.25, -0.2) is 0 Å². The lowest BCUT2D eigenvalue weighted by atomic mass is 9.74. The van der Waals surface area contributed by atoms with Crippen LogP contribution in [-0.4, -0.2) is 49.0 Å². The van der Waals surface area contributed by atoms with Crippen LogP contribution < -0.4 is 0 Å². The van der Waals surface area contributed by atoms with Crippen LogP contribution in [0.3, 0.4) is 0 Å². The van der Waals surface area contributed by atoms with Gasteiger partial charge < -0.3 is 14.7 Å². The van der Waals surface area contributed by atoms with Gasteiger partial charge in [0, 0.05) is 13.2 Å². The third-order valence-corrected chi connectivity index (χ3v) is 4.40. The monoisotopic (exact) mass is 243 g/mol. The van der Waals surface area contributed by atoms with Gasteiger partial charge in [0.15, 0.2) is 0 Å². The number of nitrogens with zero attached hydrogens (tertiary/aromatic N) is 1. The van der Waals surface area contributed by atoms with Crippen LogP contribution in [0.25, 0.3) is 0 Å². The maximum Gasteiger partial charge on any atom is 0.0900 e. The maximum absolute atomic E-state index is 9.81. The van der Waals surface area contributed by atoms with Gasteiger partial charge >= 0.3 is 0 Å². The molecule has 17 heavy (non-hydrogen) atoms. The normalized spacial score (nSPS) is 22.6. The molecule has 0 amide bonds. The molecule has 0 aromatic heterocycles. The van der Waals surface area contributed by atoms with E-state index in [2.05, 4.69) is 18.7 Å². The fourth-order valence-corrected chi connectivity index (χ4v) is 2.77. The van der Waals surface area contributed by atoms with Crippen LogP contribution in [0.15, 0.2) is 0 Å². The highest BCUT2D eigenvalue weighted by atomic mass is 16.5. The molecule has 3 heteroatoms. The molecule has 0 bridgehead atoms. The van der Waals surface area contributed by atoms with Crippen LogP contribution in [0.1, 0.15) is 46.5 Å². The second kappa shape index (κ2) is 7.34. The molecule has 1 unspecified atom stereocenters. The average molecular weight is 243 g/mol. The Bertz CT molecular complexity index is 194. The van der Waals surface area contributed by atoms with Gasteiger partial charge in [-0.3, -0.25) is 0 Å². The average Bonchev–Trinajstić information content (AvgIpc) is 2.38. The summed E-state index contributed by atoms with van der Waals surface area (Å²) in [6.07, 6.45) is 4.81. The summed E-state index contributed by atoms with van der Waals surface area (Å²) in [5.74, 6) is 0.